The van der Waals surface area contributed by atoms with Crippen molar-refractivity contribution in [3.8, 4) is 17.2 Å². The highest BCUT2D eigenvalue weighted by Crippen LogP contribution is 2.31. The highest BCUT2D eigenvalue weighted by molar-refractivity contribution is 6.39. The Bertz CT molecular complexity index is 1120. The zero-order valence-corrected chi connectivity index (χ0v) is 18.2. The molecule has 0 bridgehead atoms. The second-order valence-corrected chi connectivity index (χ2v) is 6.89. The molecule has 2 aromatic carbocycles. The van der Waals surface area contributed by atoms with Gasteiger partial charge in [0.1, 0.15) is 11.3 Å². The average molecular weight is 454 g/mol. The topological polar surface area (TPSA) is 131 Å². The van der Waals surface area contributed by atoms with Crippen LogP contribution in [0.5, 0.6) is 17.2 Å². The van der Waals surface area contributed by atoms with Crippen LogP contribution in [-0.2, 0) is 14.4 Å². The molecule has 1 saturated heterocycles. The summed E-state index contributed by atoms with van der Waals surface area (Å²) in [5.41, 5.74) is 0.412. The summed E-state index contributed by atoms with van der Waals surface area (Å²) in [4.78, 5) is 49.7. The molecular formula is C23H22N2O8. The van der Waals surface area contributed by atoms with Crippen molar-refractivity contribution in [2.75, 3.05) is 18.6 Å². The molecule has 172 valence electrons. The summed E-state index contributed by atoms with van der Waals surface area (Å²) in [5, 5.41) is 11.2. The number of carbonyl (C=O) groups is 4. The Balaban J connectivity index is 1.95. The van der Waals surface area contributed by atoms with Gasteiger partial charge in [-0.2, -0.15) is 0 Å². The van der Waals surface area contributed by atoms with E-state index in [2.05, 4.69) is 5.32 Å². The normalized spacial score (nSPS) is 15.8. The van der Waals surface area contributed by atoms with Crippen LogP contribution in [0.15, 0.2) is 48.0 Å². The van der Waals surface area contributed by atoms with E-state index in [0.717, 1.165) is 4.90 Å². The maximum absolute atomic E-state index is 13.0. The van der Waals surface area contributed by atoms with Crippen molar-refractivity contribution < 1.29 is 38.5 Å². The number of urea groups is 1. The highest BCUT2D eigenvalue weighted by Gasteiger charge is 2.36. The number of imide groups is 2. The Morgan fingerprint density at radius 1 is 1.12 bits per heavy atom. The number of hydrogen-bond donors (Lipinski definition) is 2. The second-order valence-electron chi connectivity index (χ2n) is 6.89. The number of aliphatic carboxylic acids is 1. The van der Waals surface area contributed by atoms with E-state index < -0.39 is 29.9 Å². The molecule has 10 heteroatoms. The fourth-order valence-corrected chi connectivity index (χ4v) is 3.01. The predicted molar refractivity (Wildman–Crippen MR) is 117 cm³/mol. The van der Waals surface area contributed by atoms with Crippen LogP contribution in [0.2, 0.25) is 0 Å². The lowest BCUT2D eigenvalue weighted by molar-refractivity contribution is -0.144. The van der Waals surface area contributed by atoms with Crippen LogP contribution in [0, 0.1) is 0 Å². The maximum atomic E-state index is 13.0. The van der Waals surface area contributed by atoms with Gasteiger partial charge in [0.05, 0.1) is 19.4 Å². The van der Waals surface area contributed by atoms with Gasteiger partial charge in [-0.3, -0.25) is 14.9 Å². The number of ether oxygens (including phenoxy) is 3. The molecule has 10 nitrogen and oxygen atoms in total. The Hall–Kier alpha value is -4.34. The fourth-order valence-electron chi connectivity index (χ4n) is 3.01. The molecule has 0 aliphatic carbocycles. The summed E-state index contributed by atoms with van der Waals surface area (Å²) < 4.78 is 16.0. The lowest BCUT2D eigenvalue weighted by Gasteiger charge is -2.26. The number of amides is 4. The summed E-state index contributed by atoms with van der Waals surface area (Å²) in [6, 6.07) is 9.87. The number of barbiturate groups is 1. The largest absolute Gasteiger partial charge is 0.497 e. The highest BCUT2D eigenvalue weighted by atomic mass is 16.5. The minimum atomic E-state index is -1.14. The molecular weight excluding hydrogens is 432 g/mol. The van der Waals surface area contributed by atoms with Crippen LogP contribution < -0.4 is 24.4 Å². The predicted octanol–water partition coefficient (Wildman–Crippen LogP) is 2.61. The third-order valence-electron chi connectivity index (χ3n) is 4.66. The van der Waals surface area contributed by atoms with Gasteiger partial charge in [0.15, 0.2) is 17.6 Å². The molecule has 1 heterocycles. The third kappa shape index (κ3) is 5.12. The van der Waals surface area contributed by atoms with Crippen molar-refractivity contribution in [1.29, 1.82) is 0 Å². The first-order chi connectivity index (χ1) is 15.7. The first-order valence-corrected chi connectivity index (χ1v) is 9.97. The van der Waals surface area contributed by atoms with Crippen LogP contribution >= 0.6 is 0 Å². The summed E-state index contributed by atoms with van der Waals surface area (Å²) in [6.45, 7) is 3.40. The van der Waals surface area contributed by atoms with E-state index in [4.69, 9.17) is 19.3 Å². The van der Waals surface area contributed by atoms with Crippen molar-refractivity contribution >= 4 is 35.6 Å². The van der Waals surface area contributed by atoms with E-state index in [9.17, 15) is 19.2 Å². The van der Waals surface area contributed by atoms with Gasteiger partial charge in [-0.05, 0) is 61.9 Å². The molecule has 33 heavy (non-hydrogen) atoms. The van der Waals surface area contributed by atoms with Crippen LogP contribution in [-0.4, -0.2) is 48.7 Å². The number of nitrogens with zero attached hydrogens (tertiary/aromatic N) is 1. The molecule has 4 amide bonds. The standard InChI is InChI=1S/C23H22N2O8/c1-4-32-19-12-14(5-10-18(19)33-13(2)22(28)29)11-17-20(26)24-23(30)25(21(17)27)15-6-8-16(31-3)9-7-15/h5-13H,4H2,1-3H3,(H,28,29)(H,24,26,30)/b17-11-/t13-/m0/s1. The number of carbonyl (C=O) groups excluding carboxylic acids is 3. The Morgan fingerprint density at radius 2 is 1.82 bits per heavy atom. The molecule has 0 saturated carbocycles. The minimum absolute atomic E-state index is 0.198. The molecule has 0 aromatic heterocycles. The molecule has 1 aliphatic rings. The number of carboxylic acid groups (broad SMARTS) is 1. The summed E-state index contributed by atoms with van der Waals surface area (Å²) in [5.74, 6) is -1.80. The van der Waals surface area contributed by atoms with E-state index in [1.54, 1.807) is 19.1 Å². The molecule has 0 unspecified atom stereocenters. The van der Waals surface area contributed by atoms with E-state index in [1.165, 1.54) is 50.4 Å². The molecule has 1 fully saturated rings. The van der Waals surface area contributed by atoms with Crippen LogP contribution in [0.1, 0.15) is 19.4 Å². The van der Waals surface area contributed by atoms with Gasteiger partial charge >= 0.3 is 12.0 Å². The maximum Gasteiger partial charge on any atom is 0.344 e. The lowest BCUT2D eigenvalue weighted by Crippen LogP contribution is -2.54. The molecule has 2 N–H and O–H groups in total. The smallest absolute Gasteiger partial charge is 0.344 e. The first-order valence-electron chi connectivity index (χ1n) is 9.97. The van der Waals surface area contributed by atoms with Crippen LogP contribution in [0.4, 0.5) is 10.5 Å². The van der Waals surface area contributed by atoms with Gasteiger partial charge in [0.2, 0.25) is 0 Å². The van der Waals surface area contributed by atoms with Crippen LogP contribution in [0.3, 0.4) is 0 Å². The van der Waals surface area contributed by atoms with E-state index in [0.29, 0.717) is 11.3 Å². The molecule has 0 radical (unpaired) electrons. The van der Waals surface area contributed by atoms with Gasteiger partial charge in [-0.1, -0.05) is 6.07 Å². The summed E-state index contributed by atoms with van der Waals surface area (Å²) in [7, 11) is 1.49. The van der Waals surface area contributed by atoms with E-state index >= 15 is 0 Å². The zero-order chi connectivity index (χ0) is 24.1. The molecule has 3 rings (SSSR count). The van der Waals surface area contributed by atoms with E-state index in [-0.39, 0.29) is 29.4 Å². The monoisotopic (exact) mass is 454 g/mol. The Kier molecular flexibility index (Phi) is 6.97. The van der Waals surface area contributed by atoms with Gasteiger partial charge in [0, 0.05) is 0 Å². The molecule has 2 aromatic rings. The Morgan fingerprint density at radius 3 is 2.42 bits per heavy atom. The lowest BCUT2D eigenvalue weighted by atomic mass is 10.1. The third-order valence-corrected chi connectivity index (χ3v) is 4.66. The molecule has 1 aliphatic heterocycles. The number of methoxy groups -OCH3 is 1. The van der Waals surface area contributed by atoms with Gasteiger partial charge in [0.25, 0.3) is 11.8 Å². The van der Waals surface area contributed by atoms with Crippen molar-refractivity contribution in [3.05, 3.63) is 53.6 Å². The van der Waals surface area contributed by atoms with Crippen molar-refractivity contribution in [3.63, 3.8) is 0 Å². The first kappa shape index (κ1) is 23.3. The number of anilines is 1. The van der Waals surface area contributed by atoms with Crippen molar-refractivity contribution in [2.45, 2.75) is 20.0 Å². The van der Waals surface area contributed by atoms with Crippen molar-refractivity contribution in [1.82, 2.24) is 5.32 Å². The SMILES string of the molecule is CCOc1cc(/C=C2/C(=O)NC(=O)N(c3ccc(OC)cc3)C2=O)ccc1O[C@@H](C)C(=O)O. The number of hydrogen-bond acceptors (Lipinski definition) is 7. The second kappa shape index (κ2) is 9.86. The number of rotatable bonds is 8. The number of carboxylic acids is 1. The number of benzene rings is 2. The Labute approximate surface area is 189 Å². The van der Waals surface area contributed by atoms with Gasteiger partial charge in [-0.25, -0.2) is 14.5 Å². The fraction of sp³-hybridized carbons (Fsp3) is 0.217. The van der Waals surface area contributed by atoms with Crippen molar-refractivity contribution in [2.24, 2.45) is 0 Å². The van der Waals surface area contributed by atoms with Gasteiger partial charge in [-0.15, -0.1) is 0 Å². The number of nitrogens with one attached hydrogen (secondary N) is 1. The minimum Gasteiger partial charge on any atom is -0.497 e. The quantitative estimate of drug-likeness (QED) is 0.460. The summed E-state index contributed by atoms with van der Waals surface area (Å²) in [6.07, 6.45) is 0.205. The average Bonchev–Trinajstić information content (AvgIpc) is 2.78. The zero-order valence-electron chi connectivity index (χ0n) is 18.2. The molecule has 1 atom stereocenters. The van der Waals surface area contributed by atoms with Crippen LogP contribution in [0.25, 0.3) is 6.08 Å². The molecule has 0 spiro atoms. The van der Waals surface area contributed by atoms with E-state index in [1.807, 2.05) is 0 Å². The van der Waals surface area contributed by atoms with Gasteiger partial charge < -0.3 is 19.3 Å². The summed E-state index contributed by atoms with van der Waals surface area (Å²) >= 11 is 0.